The molecule has 0 fully saturated rings. The van der Waals surface area contributed by atoms with E-state index in [-0.39, 0.29) is 81.1 Å². The van der Waals surface area contributed by atoms with Gasteiger partial charge in [-0.3, -0.25) is 33.7 Å². The van der Waals surface area contributed by atoms with Crippen LogP contribution in [0.3, 0.4) is 0 Å². The number of ether oxygens (including phenoxy) is 2. The molecule has 22 heteroatoms. The topological polar surface area (TPSA) is 228 Å². The van der Waals surface area contributed by atoms with Gasteiger partial charge in [0.2, 0.25) is 11.8 Å². The van der Waals surface area contributed by atoms with Crippen LogP contribution in [0.15, 0.2) is 72.9 Å². The third-order valence-corrected chi connectivity index (χ3v) is 11.1. The van der Waals surface area contributed by atoms with Crippen LogP contribution in [0.1, 0.15) is 57.3 Å². The standard InChI is InChI=1S/C44H55F2N5O9S.C2HF3O2/c1-44(2,3)42(37-23-31(35-24-33(45)10-11-36(35)46)26-49(37)25-30-8-5-4-6-9-30)50(17-7-15-47)41(56)29-61-28-32(43(57)58)22-34(52)14-18-59-20-21-60-19-16-48-38(53)27-51-39(54)12-13-40(51)55;3-2(4,5)1(6)7/h4-6,8-13,23-24,26,32,42H,7,14-22,25,27-29,47H2,1-3H3,(H,48,53)(H,57,58);(H,6,7)/t32-,42-;/m0./s1. The molecule has 0 bridgehead atoms. The van der Waals surface area contributed by atoms with Gasteiger partial charge in [-0.15, -0.1) is 0 Å². The molecule has 0 spiro atoms. The number of carboxylic acid groups (broad SMARTS) is 2. The summed E-state index contributed by atoms with van der Waals surface area (Å²) in [6.07, 6.45) is -0.899. The van der Waals surface area contributed by atoms with Crippen LogP contribution in [0, 0.1) is 23.0 Å². The summed E-state index contributed by atoms with van der Waals surface area (Å²) in [5.74, 6) is -8.35. The van der Waals surface area contributed by atoms with Gasteiger partial charge in [-0.2, -0.15) is 24.9 Å². The molecule has 372 valence electrons. The lowest BCUT2D eigenvalue weighted by molar-refractivity contribution is -0.192. The van der Waals surface area contributed by atoms with Crippen LogP contribution < -0.4 is 11.1 Å². The van der Waals surface area contributed by atoms with Gasteiger partial charge in [0.1, 0.15) is 24.0 Å². The molecule has 2 heterocycles. The number of carboxylic acids is 2. The number of hydrogen-bond acceptors (Lipinski definition) is 11. The Labute approximate surface area is 394 Å². The summed E-state index contributed by atoms with van der Waals surface area (Å²) in [5.41, 5.74) is 7.60. The molecule has 2 atom stereocenters. The third-order valence-electron chi connectivity index (χ3n) is 9.98. The summed E-state index contributed by atoms with van der Waals surface area (Å²) in [6.45, 7) is 7.27. The minimum absolute atomic E-state index is 0.0118. The Morgan fingerprint density at radius 3 is 2.12 bits per heavy atom. The maximum absolute atomic E-state index is 15.1. The van der Waals surface area contributed by atoms with Crippen LogP contribution in [0.5, 0.6) is 0 Å². The average molecular weight is 982 g/mol. The fourth-order valence-electron chi connectivity index (χ4n) is 6.79. The van der Waals surface area contributed by atoms with Crippen molar-refractivity contribution < 1.29 is 75.2 Å². The number of benzene rings is 2. The first-order valence-corrected chi connectivity index (χ1v) is 22.5. The van der Waals surface area contributed by atoms with E-state index < -0.39 is 64.8 Å². The lowest BCUT2D eigenvalue weighted by Gasteiger charge is -2.41. The number of Topliss-reactive ketones (excluding diaryl/α,β-unsaturated/α-hetero) is 1. The van der Waals surface area contributed by atoms with Crippen molar-refractivity contribution in [3.63, 3.8) is 0 Å². The van der Waals surface area contributed by atoms with Crippen molar-refractivity contribution >= 4 is 53.1 Å². The maximum Gasteiger partial charge on any atom is 0.490 e. The highest BCUT2D eigenvalue weighted by Crippen LogP contribution is 2.41. The first kappa shape index (κ1) is 56.4. The molecule has 2 aromatic carbocycles. The Bertz CT molecular complexity index is 2220. The Balaban J connectivity index is 0.00000162. The van der Waals surface area contributed by atoms with E-state index in [4.69, 9.17) is 25.1 Å². The van der Waals surface area contributed by atoms with E-state index >= 15 is 4.39 Å². The molecule has 1 aliphatic rings. The van der Waals surface area contributed by atoms with Gasteiger partial charge >= 0.3 is 18.1 Å². The zero-order valence-corrected chi connectivity index (χ0v) is 38.6. The van der Waals surface area contributed by atoms with Gasteiger partial charge in [0.05, 0.1) is 44.1 Å². The van der Waals surface area contributed by atoms with Crippen LogP contribution in [0.25, 0.3) is 11.1 Å². The second-order valence-corrected chi connectivity index (χ2v) is 17.4. The number of imide groups is 1. The number of aromatic nitrogens is 1. The molecule has 1 aliphatic heterocycles. The van der Waals surface area contributed by atoms with E-state index in [1.807, 2.05) is 55.7 Å². The molecule has 0 saturated heterocycles. The lowest BCUT2D eigenvalue weighted by atomic mass is 9.83. The molecule has 4 amide bonds. The second kappa shape index (κ2) is 27.1. The maximum atomic E-state index is 15.1. The normalized spacial score (nSPS) is 13.5. The van der Waals surface area contributed by atoms with Crippen molar-refractivity contribution in [2.24, 2.45) is 17.1 Å². The van der Waals surface area contributed by atoms with Crippen molar-refractivity contribution in [3.05, 3.63) is 95.8 Å². The van der Waals surface area contributed by atoms with Crippen LogP contribution in [0.4, 0.5) is 22.0 Å². The number of halogens is 5. The highest BCUT2D eigenvalue weighted by Gasteiger charge is 2.39. The van der Waals surface area contributed by atoms with E-state index in [0.717, 1.165) is 52.6 Å². The first-order chi connectivity index (χ1) is 32.0. The number of carbonyl (C=O) groups excluding carboxylic acids is 5. The number of nitrogens with zero attached hydrogens (tertiary/aromatic N) is 3. The predicted molar refractivity (Wildman–Crippen MR) is 240 cm³/mol. The Hall–Kier alpha value is -5.97. The predicted octanol–water partition coefficient (Wildman–Crippen LogP) is 5.24. The van der Waals surface area contributed by atoms with E-state index in [0.29, 0.717) is 37.3 Å². The molecule has 68 heavy (non-hydrogen) atoms. The Kier molecular flexibility index (Phi) is 22.5. The van der Waals surface area contributed by atoms with E-state index in [1.165, 1.54) is 0 Å². The molecule has 0 unspecified atom stereocenters. The van der Waals surface area contributed by atoms with Crippen LogP contribution in [-0.2, 0) is 49.6 Å². The molecule has 0 aliphatic carbocycles. The number of carbonyl (C=O) groups is 7. The summed E-state index contributed by atoms with van der Waals surface area (Å²) in [5, 5.41) is 19.6. The molecule has 0 saturated carbocycles. The number of nitrogens with one attached hydrogen (secondary N) is 1. The zero-order chi connectivity index (χ0) is 50.6. The summed E-state index contributed by atoms with van der Waals surface area (Å²) >= 11 is 1.13. The first-order valence-electron chi connectivity index (χ1n) is 21.3. The number of aliphatic carboxylic acids is 2. The highest BCUT2D eigenvalue weighted by molar-refractivity contribution is 7.99. The van der Waals surface area contributed by atoms with Crippen LogP contribution in [0.2, 0.25) is 0 Å². The smallest absolute Gasteiger partial charge is 0.481 e. The number of thioether (sulfide) groups is 1. The van der Waals surface area contributed by atoms with Gasteiger partial charge in [-0.05, 0) is 48.2 Å². The van der Waals surface area contributed by atoms with Gasteiger partial charge in [0, 0.05) is 73.4 Å². The summed E-state index contributed by atoms with van der Waals surface area (Å²) in [7, 11) is 0. The average Bonchev–Trinajstić information content (AvgIpc) is 3.81. The van der Waals surface area contributed by atoms with Gasteiger partial charge in [0.15, 0.2) is 0 Å². The minimum atomic E-state index is -5.08. The van der Waals surface area contributed by atoms with Gasteiger partial charge in [-0.25, -0.2) is 13.6 Å². The SMILES string of the molecule is CC(C)(C)[C@H](c1cc(-c2cc(F)ccc2F)cn1Cc1ccccc1)N(CCCN)C(=O)CSC[C@H](CC(=O)CCOCCOCCNC(=O)CN1C(=O)C=CC1=O)C(=O)O.O=C(O)C(F)(F)F. The lowest BCUT2D eigenvalue weighted by Crippen LogP contribution is -2.44. The summed E-state index contributed by atoms with van der Waals surface area (Å²) in [6, 6.07) is 14.2. The molecular formula is C46H56F5N5O11S. The zero-order valence-electron chi connectivity index (χ0n) is 37.8. The fourth-order valence-corrected chi connectivity index (χ4v) is 7.80. The van der Waals surface area contributed by atoms with E-state index in [9.17, 15) is 51.4 Å². The van der Waals surface area contributed by atoms with Gasteiger partial charge < -0.3 is 40.2 Å². The van der Waals surface area contributed by atoms with Crippen LogP contribution >= 0.6 is 11.8 Å². The minimum Gasteiger partial charge on any atom is -0.481 e. The van der Waals surface area contributed by atoms with Crippen molar-refractivity contribution in [1.82, 2.24) is 19.7 Å². The largest absolute Gasteiger partial charge is 0.490 e. The number of hydrogen-bond donors (Lipinski definition) is 4. The van der Waals surface area contributed by atoms with Gasteiger partial charge in [0.25, 0.3) is 11.8 Å². The van der Waals surface area contributed by atoms with Crippen molar-refractivity contribution in [3.8, 4) is 11.1 Å². The number of nitrogens with two attached hydrogens (primary N) is 1. The number of rotatable bonds is 26. The monoisotopic (exact) mass is 981 g/mol. The number of ketones is 1. The number of amides is 4. The molecule has 0 radical (unpaired) electrons. The Morgan fingerprint density at radius 2 is 1.53 bits per heavy atom. The quantitative estimate of drug-likeness (QED) is 0.0459. The molecule has 3 aromatic rings. The molecule has 1 aromatic heterocycles. The van der Waals surface area contributed by atoms with E-state index in [2.05, 4.69) is 5.32 Å². The molecule has 5 N–H and O–H groups in total. The van der Waals surface area contributed by atoms with Gasteiger partial charge in [-0.1, -0.05) is 51.1 Å². The second-order valence-electron chi connectivity index (χ2n) is 16.4. The van der Waals surface area contributed by atoms with Crippen molar-refractivity contribution in [1.29, 1.82) is 0 Å². The fraction of sp³-hybridized carbons (Fsp3) is 0.457. The molecule has 4 rings (SSSR count). The molecular weight excluding hydrogens is 926 g/mol. The Morgan fingerprint density at radius 1 is 0.897 bits per heavy atom. The van der Waals surface area contributed by atoms with Crippen LogP contribution in [-0.4, -0.2) is 136 Å². The highest BCUT2D eigenvalue weighted by atomic mass is 32.2. The number of alkyl halides is 3. The third kappa shape index (κ3) is 18.6. The molecule has 16 nitrogen and oxygen atoms in total. The summed E-state index contributed by atoms with van der Waals surface area (Å²) in [4.78, 5) is 85.6. The summed E-state index contributed by atoms with van der Waals surface area (Å²) < 4.78 is 74.0. The van der Waals surface area contributed by atoms with E-state index in [1.54, 1.807) is 17.2 Å². The van der Waals surface area contributed by atoms with Crippen molar-refractivity contribution in [2.75, 3.05) is 64.1 Å². The van der Waals surface area contributed by atoms with Crippen molar-refractivity contribution in [2.45, 2.75) is 58.8 Å².